The van der Waals surface area contributed by atoms with Gasteiger partial charge in [0.1, 0.15) is 13.2 Å². The monoisotopic (exact) mass is 1350 g/mol. The van der Waals surface area contributed by atoms with E-state index in [9.17, 15) is 19.5 Å². The molecule has 0 aliphatic heterocycles. The number of ether oxygens (including phenoxy) is 4. The van der Waals surface area contributed by atoms with E-state index in [4.69, 9.17) is 18.9 Å². The Morgan fingerprint density at radius 1 is 0.320 bits per heavy atom. The molecule has 0 bridgehead atoms. The van der Waals surface area contributed by atoms with Crippen LogP contribution in [0.25, 0.3) is 0 Å². The number of rotatable bonds is 74. The van der Waals surface area contributed by atoms with Crippen LogP contribution in [0.5, 0.6) is 0 Å². The van der Waals surface area contributed by atoms with Crippen LogP contribution in [-0.2, 0) is 33.3 Å². The van der Waals surface area contributed by atoms with E-state index in [1.807, 2.05) is 21.1 Å². The zero-order valence-electron chi connectivity index (χ0n) is 63.7. The lowest BCUT2D eigenvalue weighted by Gasteiger charge is -2.25. The molecule has 0 rings (SSSR count). The molecule has 0 aliphatic carbocycles. The summed E-state index contributed by atoms with van der Waals surface area (Å²) in [6, 6.07) is 0. The smallest absolute Gasteiger partial charge is 0.361 e. The van der Waals surface area contributed by atoms with Crippen molar-refractivity contribution in [1.82, 2.24) is 0 Å². The lowest BCUT2D eigenvalue weighted by molar-refractivity contribution is -0.870. The second kappa shape index (κ2) is 77.2. The lowest BCUT2D eigenvalue weighted by Crippen LogP contribution is -2.40. The second-order valence-corrected chi connectivity index (χ2v) is 28.0. The van der Waals surface area contributed by atoms with Crippen LogP contribution < -0.4 is 0 Å². The molecule has 0 aromatic carbocycles. The average Bonchev–Trinajstić information content (AvgIpc) is 2.59. The van der Waals surface area contributed by atoms with Crippen molar-refractivity contribution in [2.75, 3.05) is 47.5 Å². The number of nitrogens with zero attached hydrogens (tertiary/aromatic N) is 1. The molecule has 0 saturated carbocycles. The minimum atomic E-state index is -1.53. The topological polar surface area (TPSA) is 108 Å². The van der Waals surface area contributed by atoms with Crippen LogP contribution in [0, 0.1) is 0 Å². The first-order valence-electron chi connectivity index (χ1n) is 40.3. The molecule has 9 nitrogen and oxygen atoms in total. The van der Waals surface area contributed by atoms with Crippen molar-refractivity contribution in [3.05, 3.63) is 134 Å². The van der Waals surface area contributed by atoms with Gasteiger partial charge in [-0.25, -0.2) is 4.79 Å². The van der Waals surface area contributed by atoms with E-state index in [0.29, 0.717) is 17.4 Å². The summed E-state index contributed by atoms with van der Waals surface area (Å²) in [5.41, 5.74) is 0. The Hall–Kier alpha value is -4.57. The lowest BCUT2D eigenvalue weighted by atomic mass is 10.0. The van der Waals surface area contributed by atoms with Gasteiger partial charge >= 0.3 is 17.9 Å². The van der Waals surface area contributed by atoms with Crippen LogP contribution in [0.1, 0.15) is 348 Å². The fourth-order valence-electron chi connectivity index (χ4n) is 11.3. The number of esters is 2. The van der Waals surface area contributed by atoms with Gasteiger partial charge in [0.2, 0.25) is 0 Å². The minimum Gasteiger partial charge on any atom is -0.477 e. The summed E-state index contributed by atoms with van der Waals surface area (Å²) in [7, 11) is 5.96. The SMILES string of the molecule is CC/C=C\C/C=C\C/C=C\C/C=C\C/C=C\C/C=C\C/C=C\C/C=C\C/C=C\C/C=C\CCCCC(=O)OC(COC(=O)CCCCCCCCCCCCCCCCCCCCCCCCCCCCC/C=C\CCCCCCCCCC)COC(OCC[N+](C)(C)C)C(=O)O. The Morgan fingerprint density at radius 3 is 0.907 bits per heavy atom. The molecule has 0 spiro atoms. The molecule has 97 heavy (non-hydrogen) atoms. The number of unbranched alkanes of at least 4 members (excludes halogenated alkanes) is 37. The zero-order valence-corrected chi connectivity index (χ0v) is 63.7. The van der Waals surface area contributed by atoms with Gasteiger partial charge in [0.25, 0.3) is 6.29 Å². The molecule has 556 valence electrons. The highest BCUT2D eigenvalue weighted by Crippen LogP contribution is 2.18. The summed E-state index contributed by atoms with van der Waals surface area (Å²) in [5.74, 6) is -2.06. The fraction of sp³-hybridized carbons (Fsp3) is 0.716. The van der Waals surface area contributed by atoms with Crippen molar-refractivity contribution >= 4 is 17.9 Å². The van der Waals surface area contributed by atoms with Crippen molar-refractivity contribution in [3.8, 4) is 0 Å². The largest absolute Gasteiger partial charge is 0.477 e. The Kier molecular flexibility index (Phi) is 73.5. The molecule has 1 N–H and O–H groups in total. The predicted molar refractivity (Wildman–Crippen MR) is 419 cm³/mol. The van der Waals surface area contributed by atoms with Gasteiger partial charge in [0, 0.05) is 12.8 Å². The Labute approximate surface area is 599 Å². The third kappa shape index (κ3) is 78.6. The standard InChI is InChI=1S/C88H151NO8/c1-6-8-10-12-14-16-18-20-22-24-26-28-30-32-34-36-38-40-41-42-43-44-45-47-48-50-52-54-56-58-60-62-64-66-68-70-72-74-76-78-85(90)95-82-84(83-96-88(87(92)93)94-81-80-89(3,4)5)97-86(91)79-77-75-73-71-69-67-65-63-61-59-57-55-53-51-49-46-39-37-35-33-31-29-27-25-23-21-19-17-15-13-11-9-7-2/h9,11,15,17,21,23-24,26-27,29,33,35,39,46,51,53,57,59,63,65,69,71,84,88H,6-8,10,12-14,16,18-20,22,25,28,30-32,34,36-38,40-45,47-50,52,54-56,58,60-62,64,66-68,70,72-83H2,1-5H3/p+1/b11-9-,17-15-,23-21-,26-24-,29-27-,35-33-,46-39-,53-51-,59-57-,65-63-,71-69-. The van der Waals surface area contributed by atoms with Crippen LogP contribution >= 0.6 is 0 Å². The summed E-state index contributed by atoms with van der Waals surface area (Å²) < 4.78 is 23.0. The minimum absolute atomic E-state index is 0.173. The maximum absolute atomic E-state index is 13.0. The highest BCUT2D eigenvalue weighted by Gasteiger charge is 2.25. The van der Waals surface area contributed by atoms with Gasteiger partial charge in [0.15, 0.2) is 6.10 Å². The van der Waals surface area contributed by atoms with E-state index in [0.717, 1.165) is 96.3 Å². The molecule has 0 aromatic rings. The molecule has 9 heteroatoms. The van der Waals surface area contributed by atoms with Crippen molar-refractivity contribution in [2.45, 2.75) is 360 Å². The maximum Gasteiger partial charge on any atom is 0.361 e. The molecule has 0 fully saturated rings. The molecule has 0 saturated heterocycles. The van der Waals surface area contributed by atoms with Crippen molar-refractivity contribution in [1.29, 1.82) is 0 Å². The second-order valence-electron chi connectivity index (χ2n) is 28.0. The number of aliphatic carboxylic acids is 1. The molecule has 0 aromatic heterocycles. The fourth-order valence-corrected chi connectivity index (χ4v) is 11.3. The molecule has 2 atom stereocenters. The van der Waals surface area contributed by atoms with Crippen LogP contribution in [-0.4, -0.2) is 87.4 Å². The zero-order chi connectivity index (χ0) is 70.4. The highest BCUT2D eigenvalue weighted by atomic mass is 16.7. The number of carbonyl (C=O) groups is 3. The first-order valence-corrected chi connectivity index (χ1v) is 40.3. The first-order chi connectivity index (χ1) is 47.6. The predicted octanol–water partition coefficient (Wildman–Crippen LogP) is 26.0. The van der Waals surface area contributed by atoms with Crippen LogP contribution in [0.4, 0.5) is 0 Å². The maximum atomic E-state index is 13.0. The summed E-state index contributed by atoms with van der Waals surface area (Å²) >= 11 is 0. The first kappa shape index (κ1) is 92.4. The van der Waals surface area contributed by atoms with Gasteiger partial charge < -0.3 is 28.5 Å². The van der Waals surface area contributed by atoms with E-state index in [1.54, 1.807) is 0 Å². The van der Waals surface area contributed by atoms with Crippen LogP contribution in [0.15, 0.2) is 134 Å². The van der Waals surface area contributed by atoms with E-state index >= 15 is 0 Å². The molecular weight excluding hydrogens is 1200 g/mol. The highest BCUT2D eigenvalue weighted by molar-refractivity contribution is 5.71. The van der Waals surface area contributed by atoms with Crippen LogP contribution in [0.3, 0.4) is 0 Å². The Balaban J connectivity index is 4.09. The molecular formula is C88H152NO8+. The van der Waals surface area contributed by atoms with Crippen molar-refractivity contribution in [2.24, 2.45) is 0 Å². The number of carboxylic acids is 1. The van der Waals surface area contributed by atoms with Crippen LogP contribution in [0.2, 0.25) is 0 Å². The Bertz CT molecular complexity index is 2060. The van der Waals surface area contributed by atoms with E-state index < -0.39 is 24.3 Å². The third-order valence-corrected chi connectivity index (χ3v) is 17.4. The number of carbonyl (C=O) groups excluding carboxylic acids is 2. The Morgan fingerprint density at radius 2 is 0.588 bits per heavy atom. The van der Waals surface area contributed by atoms with Gasteiger partial charge in [-0.3, -0.25) is 9.59 Å². The van der Waals surface area contributed by atoms with Crippen molar-refractivity contribution < 1.29 is 42.9 Å². The van der Waals surface area contributed by atoms with E-state index in [1.165, 1.54) is 218 Å². The number of allylic oxidation sites excluding steroid dienone is 22. The molecule has 0 aliphatic rings. The molecule has 0 amide bonds. The normalized spacial score (nSPS) is 13.4. The van der Waals surface area contributed by atoms with Gasteiger partial charge in [-0.15, -0.1) is 0 Å². The van der Waals surface area contributed by atoms with Gasteiger partial charge in [-0.05, 0) is 116 Å². The summed E-state index contributed by atoms with van der Waals surface area (Å²) in [5, 5.41) is 9.77. The molecule has 0 heterocycles. The van der Waals surface area contributed by atoms with Crippen molar-refractivity contribution in [3.63, 3.8) is 0 Å². The average molecular weight is 1350 g/mol. The third-order valence-electron chi connectivity index (χ3n) is 17.4. The van der Waals surface area contributed by atoms with E-state index in [2.05, 4.69) is 148 Å². The van der Waals surface area contributed by atoms with Gasteiger partial charge in [-0.2, -0.15) is 0 Å². The quantitative estimate of drug-likeness (QED) is 0.0211. The van der Waals surface area contributed by atoms with Gasteiger partial charge in [-0.1, -0.05) is 353 Å². The number of hydrogen-bond donors (Lipinski definition) is 1. The number of quaternary nitrogens is 1. The number of hydrogen-bond acceptors (Lipinski definition) is 7. The number of carboxylic acid groups (broad SMARTS) is 1. The number of likely N-dealkylation sites (N-methyl/N-ethyl adjacent to an activating group) is 1. The molecule has 0 radical (unpaired) electrons. The summed E-state index contributed by atoms with van der Waals surface area (Å²) in [6.45, 7) is 4.74. The molecule has 2 unspecified atom stereocenters. The van der Waals surface area contributed by atoms with E-state index in [-0.39, 0.29) is 38.6 Å². The van der Waals surface area contributed by atoms with Gasteiger partial charge in [0.05, 0.1) is 34.4 Å². The summed E-state index contributed by atoms with van der Waals surface area (Å²) in [6.07, 6.45) is 109. The summed E-state index contributed by atoms with van der Waals surface area (Å²) in [4.78, 5) is 37.7.